The highest BCUT2D eigenvalue weighted by Gasteiger charge is 2.31. The number of amides is 1. The lowest BCUT2D eigenvalue weighted by atomic mass is 10.2. The second-order valence-electron chi connectivity index (χ2n) is 6.85. The summed E-state index contributed by atoms with van der Waals surface area (Å²) in [5.74, 6) is 0.595. The number of ether oxygens (including phenoxy) is 1. The lowest BCUT2D eigenvalue weighted by molar-refractivity contribution is -0.122. The largest absolute Gasteiger partial charge is 0.489 e. The highest BCUT2D eigenvalue weighted by molar-refractivity contribution is 8.26. The van der Waals surface area contributed by atoms with E-state index in [2.05, 4.69) is 0 Å². The van der Waals surface area contributed by atoms with E-state index in [1.54, 1.807) is 17.0 Å². The summed E-state index contributed by atoms with van der Waals surface area (Å²) in [5, 5.41) is 1.14. The molecule has 4 rings (SSSR count). The van der Waals surface area contributed by atoms with Crippen LogP contribution in [0.3, 0.4) is 0 Å². The van der Waals surface area contributed by atoms with E-state index < -0.39 is 0 Å². The fourth-order valence-corrected chi connectivity index (χ4v) is 4.77. The van der Waals surface area contributed by atoms with Crippen molar-refractivity contribution in [3.8, 4) is 5.75 Å². The number of hydrogen-bond acceptors (Lipinski definition) is 4. The molecule has 0 N–H and O–H groups in total. The zero-order chi connectivity index (χ0) is 21.8. The summed E-state index contributed by atoms with van der Waals surface area (Å²) in [7, 11) is 0. The van der Waals surface area contributed by atoms with Crippen molar-refractivity contribution in [1.29, 1.82) is 0 Å². The molecule has 0 aliphatic carbocycles. The molecule has 0 atom stereocenters. The summed E-state index contributed by atoms with van der Waals surface area (Å²) in [6.07, 6.45) is 1.84. The lowest BCUT2D eigenvalue weighted by Crippen LogP contribution is -2.27. The van der Waals surface area contributed by atoms with Gasteiger partial charge in [0, 0.05) is 15.6 Å². The van der Waals surface area contributed by atoms with Crippen molar-refractivity contribution in [2.75, 3.05) is 0 Å². The monoisotopic (exact) mass is 485 g/mol. The van der Waals surface area contributed by atoms with Crippen LogP contribution in [0.4, 0.5) is 0 Å². The van der Waals surface area contributed by atoms with Crippen LogP contribution in [0.15, 0.2) is 77.7 Å². The van der Waals surface area contributed by atoms with Gasteiger partial charge >= 0.3 is 0 Å². The Kier molecular flexibility index (Phi) is 6.98. The van der Waals surface area contributed by atoms with E-state index in [9.17, 15) is 4.79 Å². The summed E-state index contributed by atoms with van der Waals surface area (Å²) < 4.78 is 6.44. The molecule has 1 aliphatic heterocycles. The van der Waals surface area contributed by atoms with Gasteiger partial charge in [0.2, 0.25) is 0 Å². The van der Waals surface area contributed by atoms with Crippen molar-refractivity contribution >= 4 is 63.5 Å². The van der Waals surface area contributed by atoms with Crippen LogP contribution in [0.25, 0.3) is 6.08 Å². The molecule has 1 heterocycles. The number of nitrogens with zero attached hydrogens (tertiary/aromatic N) is 1. The number of halogens is 2. The molecule has 1 aliphatic rings. The second-order valence-corrected chi connectivity index (χ2v) is 9.37. The molecule has 3 aromatic rings. The summed E-state index contributed by atoms with van der Waals surface area (Å²) in [6, 6.07) is 22.7. The van der Waals surface area contributed by atoms with E-state index in [1.165, 1.54) is 11.8 Å². The Morgan fingerprint density at radius 1 is 1.00 bits per heavy atom. The Hall–Kier alpha value is -2.31. The minimum absolute atomic E-state index is 0.0851. The number of carbonyl (C=O) groups is 1. The third-order valence-corrected chi connectivity index (χ3v) is 6.59. The molecule has 0 radical (unpaired) electrons. The molecular formula is C24H17Cl2NO2S2. The summed E-state index contributed by atoms with van der Waals surface area (Å²) in [6.45, 7) is 0.784. The number of carbonyl (C=O) groups excluding carboxylic acids is 1. The summed E-state index contributed by atoms with van der Waals surface area (Å²) in [5.41, 5.74) is 2.74. The number of thiocarbonyl (C=S) groups is 1. The smallest absolute Gasteiger partial charge is 0.266 e. The molecule has 3 aromatic carbocycles. The van der Waals surface area contributed by atoms with Gasteiger partial charge in [0.1, 0.15) is 16.7 Å². The predicted molar refractivity (Wildman–Crippen MR) is 132 cm³/mol. The quantitative estimate of drug-likeness (QED) is 0.278. The topological polar surface area (TPSA) is 29.5 Å². The lowest BCUT2D eigenvalue weighted by Gasteiger charge is -2.14. The maximum absolute atomic E-state index is 12.9. The normalized spacial score (nSPS) is 15.0. The van der Waals surface area contributed by atoms with Crippen molar-refractivity contribution in [1.82, 2.24) is 4.90 Å². The average molecular weight is 486 g/mol. The van der Waals surface area contributed by atoms with Gasteiger partial charge in [-0.1, -0.05) is 95.7 Å². The molecule has 156 valence electrons. The molecule has 0 saturated carbocycles. The fourth-order valence-electron chi connectivity index (χ4n) is 3.05. The Bertz CT molecular complexity index is 1170. The van der Waals surface area contributed by atoms with Gasteiger partial charge in [0.25, 0.3) is 5.91 Å². The summed E-state index contributed by atoms with van der Waals surface area (Å²) >= 11 is 18.9. The molecule has 0 bridgehead atoms. The van der Waals surface area contributed by atoms with Gasteiger partial charge in [-0.3, -0.25) is 9.69 Å². The van der Waals surface area contributed by atoms with E-state index in [-0.39, 0.29) is 5.91 Å². The molecule has 3 nitrogen and oxygen atoms in total. The van der Waals surface area contributed by atoms with Gasteiger partial charge in [-0.2, -0.15) is 0 Å². The standard InChI is InChI=1S/C24H17Cl2NO2S2/c25-19-10-9-18(21(26)13-19)15-29-20-8-4-7-17(11-20)12-22-23(28)27(24(30)31-22)14-16-5-2-1-3-6-16/h1-13H,14-15H2/b22-12-. The van der Waals surface area contributed by atoms with Crippen molar-refractivity contribution < 1.29 is 9.53 Å². The first kappa shape index (κ1) is 21.9. The van der Waals surface area contributed by atoms with Gasteiger partial charge in [-0.05, 0) is 41.5 Å². The third-order valence-electron chi connectivity index (χ3n) is 4.62. The molecule has 7 heteroatoms. The predicted octanol–water partition coefficient (Wildman–Crippen LogP) is 6.97. The SMILES string of the molecule is O=C1/C(=C/c2cccc(OCc3ccc(Cl)cc3Cl)c2)SC(=S)N1Cc1ccccc1. The zero-order valence-corrected chi connectivity index (χ0v) is 19.4. The van der Waals surface area contributed by atoms with Crippen molar-refractivity contribution in [3.63, 3.8) is 0 Å². The van der Waals surface area contributed by atoms with Crippen LogP contribution < -0.4 is 4.74 Å². The summed E-state index contributed by atoms with van der Waals surface area (Å²) in [4.78, 5) is 15.1. The van der Waals surface area contributed by atoms with Gasteiger partial charge < -0.3 is 4.74 Å². The van der Waals surface area contributed by atoms with Crippen molar-refractivity contribution in [2.45, 2.75) is 13.2 Å². The van der Waals surface area contributed by atoms with Gasteiger partial charge in [0.05, 0.1) is 11.4 Å². The van der Waals surface area contributed by atoms with Crippen LogP contribution in [0.5, 0.6) is 5.75 Å². The second kappa shape index (κ2) is 9.88. The first-order chi connectivity index (χ1) is 15.0. The molecule has 1 fully saturated rings. The highest BCUT2D eigenvalue weighted by atomic mass is 35.5. The average Bonchev–Trinajstić information content (AvgIpc) is 3.01. The van der Waals surface area contributed by atoms with E-state index in [0.717, 1.165) is 16.7 Å². The van der Waals surface area contributed by atoms with E-state index in [1.807, 2.05) is 66.7 Å². The minimum atomic E-state index is -0.0851. The molecule has 0 spiro atoms. The van der Waals surface area contributed by atoms with Crippen LogP contribution in [-0.2, 0) is 17.9 Å². The maximum Gasteiger partial charge on any atom is 0.266 e. The number of benzene rings is 3. The van der Waals surface area contributed by atoms with E-state index >= 15 is 0 Å². The van der Waals surface area contributed by atoms with Crippen LogP contribution >= 0.6 is 47.2 Å². The molecular weight excluding hydrogens is 469 g/mol. The molecule has 0 unspecified atom stereocenters. The maximum atomic E-state index is 12.9. The molecule has 0 aromatic heterocycles. The van der Waals surface area contributed by atoms with Crippen LogP contribution in [0.2, 0.25) is 10.0 Å². The molecule has 1 amide bonds. The molecule has 31 heavy (non-hydrogen) atoms. The number of rotatable bonds is 6. The zero-order valence-electron chi connectivity index (χ0n) is 16.3. The Morgan fingerprint density at radius 2 is 1.81 bits per heavy atom. The Balaban J connectivity index is 1.46. The minimum Gasteiger partial charge on any atom is -0.489 e. The van der Waals surface area contributed by atoms with Gasteiger partial charge in [-0.15, -0.1) is 0 Å². The first-order valence-electron chi connectivity index (χ1n) is 9.46. The number of thioether (sulfide) groups is 1. The molecule has 1 saturated heterocycles. The Labute approximate surface area is 200 Å². The first-order valence-corrected chi connectivity index (χ1v) is 11.4. The number of hydrogen-bond donors (Lipinski definition) is 0. The Morgan fingerprint density at radius 3 is 2.58 bits per heavy atom. The highest BCUT2D eigenvalue weighted by Crippen LogP contribution is 2.34. The van der Waals surface area contributed by atoms with Gasteiger partial charge in [0.15, 0.2) is 0 Å². The van der Waals surface area contributed by atoms with Crippen LogP contribution in [0.1, 0.15) is 16.7 Å². The van der Waals surface area contributed by atoms with E-state index in [0.29, 0.717) is 38.2 Å². The van der Waals surface area contributed by atoms with Crippen LogP contribution in [0, 0.1) is 0 Å². The fraction of sp³-hybridized carbons (Fsp3) is 0.0833. The third kappa shape index (κ3) is 5.49. The van der Waals surface area contributed by atoms with Crippen molar-refractivity contribution in [3.05, 3.63) is 104 Å². The van der Waals surface area contributed by atoms with E-state index in [4.69, 9.17) is 40.2 Å². The van der Waals surface area contributed by atoms with Crippen molar-refractivity contribution in [2.24, 2.45) is 0 Å². The van der Waals surface area contributed by atoms with Crippen LogP contribution in [-0.4, -0.2) is 15.1 Å². The van der Waals surface area contributed by atoms with Gasteiger partial charge in [-0.25, -0.2) is 0 Å².